The van der Waals surface area contributed by atoms with Crippen LogP contribution in [-0.4, -0.2) is 11.5 Å². The molecule has 1 rings (SSSR count). The largest absolute Gasteiger partial charge is 0.379 e. The van der Waals surface area contributed by atoms with Crippen molar-refractivity contribution in [1.82, 2.24) is 0 Å². The Morgan fingerprint density at radius 2 is 2.12 bits per heavy atom. The van der Waals surface area contributed by atoms with Gasteiger partial charge in [-0.05, 0) is 28.4 Å². The van der Waals surface area contributed by atoms with E-state index in [-0.39, 0.29) is 10.6 Å². The maximum absolute atomic E-state index is 10.9. The van der Waals surface area contributed by atoms with Crippen LogP contribution in [-0.2, 0) is 0 Å². The van der Waals surface area contributed by atoms with E-state index in [4.69, 9.17) is 0 Å². The van der Waals surface area contributed by atoms with E-state index in [2.05, 4.69) is 44.1 Å². The zero-order chi connectivity index (χ0) is 12.1. The second kappa shape index (κ2) is 6.20. The van der Waals surface area contributed by atoms with Crippen LogP contribution in [0, 0.1) is 10.1 Å². The average molecular weight is 352 g/mol. The summed E-state index contributed by atoms with van der Waals surface area (Å²) >= 11 is 6.56. The van der Waals surface area contributed by atoms with Crippen molar-refractivity contribution in [3.05, 3.63) is 31.2 Å². The summed E-state index contributed by atoms with van der Waals surface area (Å²) < 4.78 is 1.39. The van der Waals surface area contributed by atoms with Crippen molar-refractivity contribution < 1.29 is 4.92 Å². The van der Waals surface area contributed by atoms with Crippen molar-refractivity contribution >= 4 is 43.2 Å². The van der Waals surface area contributed by atoms with Crippen LogP contribution in [0.1, 0.15) is 19.8 Å². The molecule has 1 aromatic carbocycles. The van der Waals surface area contributed by atoms with Crippen molar-refractivity contribution in [3.8, 4) is 0 Å². The third kappa shape index (κ3) is 3.45. The molecule has 88 valence electrons. The predicted molar refractivity (Wildman–Crippen MR) is 71.9 cm³/mol. The quantitative estimate of drug-likeness (QED) is 0.488. The fourth-order valence-corrected chi connectivity index (χ4v) is 2.61. The first-order chi connectivity index (χ1) is 7.56. The first-order valence-corrected chi connectivity index (χ1v) is 6.52. The van der Waals surface area contributed by atoms with Gasteiger partial charge in [-0.1, -0.05) is 29.3 Å². The van der Waals surface area contributed by atoms with Gasteiger partial charge < -0.3 is 5.32 Å². The van der Waals surface area contributed by atoms with Crippen LogP contribution in [0.5, 0.6) is 0 Å². The summed E-state index contributed by atoms with van der Waals surface area (Å²) in [6, 6.07) is 3.29. The number of halogens is 2. The van der Waals surface area contributed by atoms with Gasteiger partial charge in [-0.15, -0.1) is 0 Å². The topological polar surface area (TPSA) is 55.2 Å². The molecule has 4 nitrogen and oxygen atoms in total. The van der Waals surface area contributed by atoms with Gasteiger partial charge in [0.2, 0.25) is 0 Å². The van der Waals surface area contributed by atoms with E-state index in [0.29, 0.717) is 14.6 Å². The molecule has 0 spiro atoms. The van der Waals surface area contributed by atoms with E-state index in [9.17, 15) is 10.1 Å². The number of nitro benzene ring substituents is 1. The monoisotopic (exact) mass is 350 g/mol. The molecule has 0 fully saturated rings. The van der Waals surface area contributed by atoms with Crippen molar-refractivity contribution in [2.24, 2.45) is 0 Å². The number of benzene rings is 1. The Morgan fingerprint density at radius 3 is 2.69 bits per heavy atom. The Hall–Kier alpha value is -0.620. The number of nitrogens with one attached hydrogen (secondary N) is 1. The van der Waals surface area contributed by atoms with Gasteiger partial charge in [0, 0.05) is 21.6 Å². The number of nitrogens with zero attached hydrogens (tertiary/aromatic N) is 1. The smallest absolute Gasteiger partial charge is 0.294 e. The van der Waals surface area contributed by atoms with E-state index >= 15 is 0 Å². The van der Waals surface area contributed by atoms with Gasteiger partial charge in [0.1, 0.15) is 5.69 Å². The minimum absolute atomic E-state index is 0.0809. The number of hydrogen-bond donors (Lipinski definition) is 1. The molecule has 0 aliphatic carbocycles. The predicted octanol–water partition coefficient (Wildman–Crippen LogP) is 4.33. The van der Waals surface area contributed by atoms with Crippen LogP contribution in [0.25, 0.3) is 0 Å². The summed E-state index contributed by atoms with van der Waals surface area (Å²) in [7, 11) is 0. The van der Waals surface area contributed by atoms with Crippen LogP contribution in [0.4, 0.5) is 11.4 Å². The molecule has 0 unspecified atom stereocenters. The maximum Gasteiger partial charge on any atom is 0.294 e. The molecule has 0 aliphatic rings. The lowest BCUT2D eigenvalue weighted by Gasteiger charge is -2.09. The highest BCUT2D eigenvalue weighted by Gasteiger charge is 2.17. The standard InChI is InChI=1S/C10H12Br2N2O2/c1-2-3-4-13-10-8(12)5-7(11)6-9(10)14(15)16/h5-6,13H,2-4H2,1H3. The fourth-order valence-electron chi connectivity index (χ4n) is 1.27. The highest BCUT2D eigenvalue weighted by atomic mass is 79.9. The molecule has 1 aromatic rings. The van der Waals surface area contributed by atoms with Gasteiger partial charge in [-0.2, -0.15) is 0 Å². The molecular weight excluding hydrogens is 340 g/mol. The Bertz CT molecular complexity index is 397. The molecular formula is C10H12Br2N2O2. The number of hydrogen-bond acceptors (Lipinski definition) is 3. The summed E-state index contributed by atoms with van der Waals surface area (Å²) in [6.45, 7) is 2.81. The Kier molecular flexibility index (Phi) is 5.21. The first kappa shape index (κ1) is 13.4. The fraction of sp³-hybridized carbons (Fsp3) is 0.400. The van der Waals surface area contributed by atoms with Crippen LogP contribution in [0.3, 0.4) is 0 Å². The van der Waals surface area contributed by atoms with Gasteiger partial charge in [0.05, 0.1) is 4.92 Å². The molecule has 0 atom stereocenters. The lowest BCUT2D eigenvalue weighted by Crippen LogP contribution is -2.04. The number of rotatable bonds is 5. The Labute approximate surface area is 111 Å². The molecule has 1 N–H and O–H groups in total. The van der Waals surface area contributed by atoms with E-state index in [1.165, 1.54) is 6.07 Å². The summed E-state index contributed by atoms with van der Waals surface area (Å²) in [5.41, 5.74) is 0.624. The van der Waals surface area contributed by atoms with Crippen molar-refractivity contribution in [3.63, 3.8) is 0 Å². The van der Waals surface area contributed by atoms with Crippen molar-refractivity contribution in [2.45, 2.75) is 19.8 Å². The first-order valence-electron chi connectivity index (χ1n) is 4.93. The third-order valence-corrected chi connectivity index (χ3v) is 3.15. The Morgan fingerprint density at radius 1 is 1.44 bits per heavy atom. The molecule has 0 bridgehead atoms. The van der Waals surface area contributed by atoms with Crippen molar-refractivity contribution in [2.75, 3.05) is 11.9 Å². The maximum atomic E-state index is 10.9. The summed E-state index contributed by atoms with van der Waals surface area (Å²) in [6.07, 6.45) is 2.04. The molecule has 0 aliphatic heterocycles. The number of unbranched alkanes of at least 4 members (excludes halogenated alkanes) is 1. The van der Waals surface area contributed by atoms with Crippen LogP contribution >= 0.6 is 31.9 Å². The van der Waals surface area contributed by atoms with Crippen LogP contribution < -0.4 is 5.32 Å². The highest BCUT2D eigenvalue weighted by Crippen LogP contribution is 2.35. The second-order valence-corrected chi connectivity index (χ2v) is 5.09. The normalized spacial score (nSPS) is 10.2. The molecule has 16 heavy (non-hydrogen) atoms. The van der Waals surface area contributed by atoms with Crippen molar-refractivity contribution in [1.29, 1.82) is 0 Å². The van der Waals surface area contributed by atoms with Crippen LogP contribution in [0.15, 0.2) is 21.1 Å². The van der Waals surface area contributed by atoms with Gasteiger partial charge in [0.25, 0.3) is 5.69 Å². The molecule has 0 aromatic heterocycles. The zero-order valence-electron chi connectivity index (χ0n) is 8.80. The molecule has 0 amide bonds. The van der Waals surface area contributed by atoms with E-state index in [0.717, 1.165) is 19.4 Å². The SMILES string of the molecule is CCCCNc1c(Br)cc(Br)cc1[N+](=O)[O-]. The Balaban J connectivity index is 2.99. The second-order valence-electron chi connectivity index (χ2n) is 3.32. The third-order valence-electron chi connectivity index (χ3n) is 2.06. The molecule has 0 saturated heterocycles. The van der Waals surface area contributed by atoms with Gasteiger partial charge in [0.15, 0.2) is 0 Å². The van der Waals surface area contributed by atoms with Crippen LogP contribution in [0.2, 0.25) is 0 Å². The minimum Gasteiger partial charge on any atom is -0.379 e. The molecule has 0 heterocycles. The summed E-state index contributed by atoms with van der Waals surface area (Å²) in [4.78, 5) is 10.5. The molecule has 0 saturated carbocycles. The lowest BCUT2D eigenvalue weighted by atomic mass is 10.2. The zero-order valence-corrected chi connectivity index (χ0v) is 12.0. The van der Waals surface area contributed by atoms with E-state index in [1.807, 2.05) is 0 Å². The van der Waals surface area contributed by atoms with E-state index in [1.54, 1.807) is 6.07 Å². The minimum atomic E-state index is -0.385. The van der Waals surface area contributed by atoms with E-state index < -0.39 is 0 Å². The highest BCUT2D eigenvalue weighted by molar-refractivity contribution is 9.11. The lowest BCUT2D eigenvalue weighted by molar-refractivity contribution is -0.384. The van der Waals surface area contributed by atoms with Gasteiger partial charge >= 0.3 is 0 Å². The number of anilines is 1. The van der Waals surface area contributed by atoms with Gasteiger partial charge in [-0.25, -0.2) is 0 Å². The average Bonchev–Trinajstić information content (AvgIpc) is 2.20. The summed E-state index contributed by atoms with van der Waals surface area (Å²) in [5, 5.41) is 14.0. The number of nitro groups is 1. The molecule has 6 heteroatoms. The summed E-state index contributed by atoms with van der Waals surface area (Å²) in [5.74, 6) is 0. The molecule has 0 radical (unpaired) electrons. The van der Waals surface area contributed by atoms with Gasteiger partial charge in [-0.3, -0.25) is 10.1 Å².